The lowest BCUT2D eigenvalue weighted by atomic mass is 10.2. The van der Waals surface area contributed by atoms with Crippen LogP contribution in [-0.2, 0) is 14.3 Å². The fourth-order valence-electron chi connectivity index (χ4n) is 3.73. The van der Waals surface area contributed by atoms with Crippen LogP contribution >= 0.6 is 0 Å². The predicted octanol–water partition coefficient (Wildman–Crippen LogP) is 5.49. The number of hydrogen-bond acceptors (Lipinski definition) is 6. The number of hydrogen-bond donors (Lipinski definition) is 1. The smallest absolute Gasteiger partial charge is 0.331 e. The predicted molar refractivity (Wildman–Crippen MR) is 140 cm³/mol. The number of ether oxygens (including phenoxy) is 2. The number of nitrogens with zero attached hydrogens (tertiary/aromatic N) is 2. The fraction of sp³-hybridized carbons (Fsp3) is 0.0690. The normalized spacial score (nSPS) is 11.1. The van der Waals surface area contributed by atoms with E-state index in [1.54, 1.807) is 48.3 Å². The molecule has 0 fully saturated rings. The van der Waals surface area contributed by atoms with Crippen molar-refractivity contribution in [2.24, 2.45) is 0 Å². The van der Waals surface area contributed by atoms with Gasteiger partial charge in [-0.15, -0.1) is 0 Å². The molecule has 184 valence electrons. The van der Waals surface area contributed by atoms with Crippen molar-refractivity contribution in [1.29, 1.82) is 0 Å². The van der Waals surface area contributed by atoms with Gasteiger partial charge in [-0.2, -0.15) is 5.10 Å². The second-order valence-corrected chi connectivity index (χ2v) is 8.08. The molecular formula is C29H23N3O5. The van der Waals surface area contributed by atoms with Crippen molar-refractivity contribution >= 4 is 34.6 Å². The van der Waals surface area contributed by atoms with Crippen molar-refractivity contribution in [3.05, 3.63) is 103 Å². The largest absolute Gasteiger partial charge is 0.497 e. The number of anilines is 1. The maximum atomic E-state index is 12.4. The Labute approximate surface area is 212 Å². The minimum absolute atomic E-state index is 0.422. The van der Waals surface area contributed by atoms with Gasteiger partial charge in [-0.1, -0.05) is 36.4 Å². The number of nitrogens with one attached hydrogen (secondary N) is 1. The van der Waals surface area contributed by atoms with Gasteiger partial charge in [-0.3, -0.25) is 4.79 Å². The lowest BCUT2D eigenvalue weighted by Crippen LogP contribution is -2.20. The van der Waals surface area contributed by atoms with E-state index in [-0.39, 0.29) is 0 Å². The molecule has 5 aromatic rings. The Hall–Kier alpha value is -5.11. The van der Waals surface area contributed by atoms with Crippen molar-refractivity contribution in [1.82, 2.24) is 9.78 Å². The summed E-state index contributed by atoms with van der Waals surface area (Å²) in [6, 6.07) is 26.1. The molecule has 3 aromatic carbocycles. The molecule has 0 saturated carbocycles. The lowest BCUT2D eigenvalue weighted by Gasteiger charge is -2.06. The average Bonchev–Trinajstić information content (AvgIpc) is 3.56. The van der Waals surface area contributed by atoms with Gasteiger partial charge in [0, 0.05) is 28.9 Å². The molecule has 8 heteroatoms. The van der Waals surface area contributed by atoms with Crippen molar-refractivity contribution in [2.75, 3.05) is 19.0 Å². The van der Waals surface area contributed by atoms with Gasteiger partial charge < -0.3 is 19.2 Å². The van der Waals surface area contributed by atoms with Gasteiger partial charge in [0.25, 0.3) is 5.91 Å². The van der Waals surface area contributed by atoms with Crippen LogP contribution in [0.25, 0.3) is 34.2 Å². The van der Waals surface area contributed by atoms with Crippen molar-refractivity contribution in [3.8, 4) is 22.9 Å². The fourth-order valence-corrected chi connectivity index (χ4v) is 3.73. The van der Waals surface area contributed by atoms with Gasteiger partial charge >= 0.3 is 5.97 Å². The van der Waals surface area contributed by atoms with Crippen LogP contribution in [0.3, 0.4) is 0 Å². The van der Waals surface area contributed by atoms with E-state index in [1.807, 2.05) is 60.7 Å². The zero-order valence-electron chi connectivity index (χ0n) is 20.0. The monoisotopic (exact) mass is 493 g/mol. The molecule has 0 aliphatic rings. The second-order valence-electron chi connectivity index (χ2n) is 8.08. The molecule has 37 heavy (non-hydrogen) atoms. The van der Waals surface area contributed by atoms with E-state index in [0.717, 1.165) is 16.7 Å². The number of para-hydroxylation sites is 2. The van der Waals surface area contributed by atoms with Crippen LogP contribution in [0, 0.1) is 0 Å². The molecule has 1 N–H and O–H groups in total. The second kappa shape index (κ2) is 10.7. The summed E-state index contributed by atoms with van der Waals surface area (Å²) in [6.07, 6.45) is 4.66. The summed E-state index contributed by atoms with van der Waals surface area (Å²) >= 11 is 0. The van der Waals surface area contributed by atoms with E-state index < -0.39 is 18.5 Å². The van der Waals surface area contributed by atoms with Gasteiger partial charge in [-0.25, -0.2) is 9.48 Å². The summed E-state index contributed by atoms with van der Waals surface area (Å²) < 4.78 is 17.9. The average molecular weight is 494 g/mol. The van der Waals surface area contributed by atoms with Crippen LogP contribution in [0.2, 0.25) is 0 Å². The van der Waals surface area contributed by atoms with E-state index in [9.17, 15) is 9.59 Å². The van der Waals surface area contributed by atoms with Crippen LogP contribution in [0.15, 0.2) is 102 Å². The highest BCUT2D eigenvalue weighted by Gasteiger charge is 2.15. The number of amides is 1. The Morgan fingerprint density at radius 2 is 1.76 bits per heavy atom. The van der Waals surface area contributed by atoms with Gasteiger partial charge in [0.05, 0.1) is 12.8 Å². The first kappa shape index (κ1) is 23.6. The molecule has 8 nitrogen and oxygen atoms in total. The van der Waals surface area contributed by atoms with Crippen LogP contribution in [0.1, 0.15) is 5.56 Å². The van der Waals surface area contributed by atoms with Gasteiger partial charge in [0.1, 0.15) is 17.0 Å². The Kier molecular flexibility index (Phi) is 6.80. The maximum absolute atomic E-state index is 12.4. The highest BCUT2D eigenvalue weighted by atomic mass is 16.5. The molecule has 0 aliphatic carbocycles. The number of fused-ring (bicyclic) bond motifs is 1. The van der Waals surface area contributed by atoms with Crippen LogP contribution in [0.4, 0.5) is 5.69 Å². The number of carbonyl (C=O) groups is 2. The van der Waals surface area contributed by atoms with Crippen molar-refractivity contribution < 1.29 is 23.5 Å². The first-order valence-electron chi connectivity index (χ1n) is 11.5. The molecule has 2 heterocycles. The Morgan fingerprint density at radius 1 is 1.00 bits per heavy atom. The van der Waals surface area contributed by atoms with E-state index in [4.69, 9.17) is 19.0 Å². The first-order chi connectivity index (χ1) is 18.1. The molecule has 0 atom stereocenters. The Balaban J connectivity index is 1.31. The Morgan fingerprint density at radius 3 is 2.51 bits per heavy atom. The summed E-state index contributed by atoms with van der Waals surface area (Å²) in [7, 11) is 1.56. The minimum Gasteiger partial charge on any atom is -0.497 e. The maximum Gasteiger partial charge on any atom is 0.331 e. The molecule has 0 radical (unpaired) electrons. The lowest BCUT2D eigenvalue weighted by molar-refractivity contribution is -0.142. The molecule has 0 unspecified atom stereocenters. The highest BCUT2D eigenvalue weighted by molar-refractivity contribution is 5.95. The zero-order chi connectivity index (χ0) is 25.6. The number of carbonyl (C=O) groups excluding carboxylic acids is 2. The van der Waals surface area contributed by atoms with E-state index >= 15 is 0 Å². The number of rotatable bonds is 8. The van der Waals surface area contributed by atoms with Gasteiger partial charge in [0.15, 0.2) is 12.4 Å². The quantitative estimate of drug-likeness (QED) is 0.227. The van der Waals surface area contributed by atoms with E-state index in [1.165, 1.54) is 6.08 Å². The summed E-state index contributed by atoms with van der Waals surface area (Å²) in [5, 5.41) is 8.32. The first-order valence-corrected chi connectivity index (χ1v) is 11.5. The number of furan rings is 1. The van der Waals surface area contributed by atoms with Crippen molar-refractivity contribution in [3.63, 3.8) is 0 Å². The van der Waals surface area contributed by atoms with Gasteiger partial charge in [-0.05, 0) is 54.6 Å². The van der Waals surface area contributed by atoms with Crippen molar-refractivity contribution in [2.45, 2.75) is 0 Å². The summed E-state index contributed by atoms with van der Waals surface area (Å²) in [5.74, 6) is 0.134. The van der Waals surface area contributed by atoms with Crippen LogP contribution in [-0.4, -0.2) is 35.4 Å². The molecule has 2 aromatic heterocycles. The number of benzene rings is 3. The minimum atomic E-state index is -0.659. The van der Waals surface area contributed by atoms with Crippen LogP contribution in [0.5, 0.6) is 5.75 Å². The molecule has 0 saturated heterocycles. The third-order valence-electron chi connectivity index (χ3n) is 5.54. The standard InChI is InChI=1S/C29H23N3O5/c1-35-24-14-12-22(13-15-24)30-27(33)19-36-28(34)16-11-21-18-32(23-8-3-2-4-9-23)31-29(21)26-17-20-7-5-6-10-25(20)37-26/h2-18H,19H2,1H3,(H,30,33). The summed E-state index contributed by atoms with van der Waals surface area (Å²) in [6.45, 7) is -0.422. The topological polar surface area (TPSA) is 95.6 Å². The number of methoxy groups -OCH3 is 1. The molecular weight excluding hydrogens is 470 g/mol. The molecule has 1 amide bonds. The molecule has 5 rings (SSSR count). The zero-order valence-corrected chi connectivity index (χ0v) is 20.0. The van der Waals surface area contributed by atoms with Crippen LogP contribution < -0.4 is 10.1 Å². The van der Waals surface area contributed by atoms with E-state index in [0.29, 0.717) is 28.5 Å². The summed E-state index contributed by atoms with van der Waals surface area (Å²) in [4.78, 5) is 24.5. The third kappa shape index (κ3) is 5.59. The Bertz CT molecular complexity index is 1530. The molecule has 0 spiro atoms. The summed E-state index contributed by atoms with van der Waals surface area (Å²) in [5.41, 5.74) is 3.39. The van der Waals surface area contributed by atoms with E-state index in [2.05, 4.69) is 5.32 Å². The number of aromatic nitrogens is 2. The highest BCUT2D eigenvalue weighted by Crippen LogP contribution is 2.30. The number of esters is 1. The van der Waals surface area contributed by atoms with Gasteiger partial charge in [0.2, 0.25) is 0 Å². The molecule has 0 aliphatic heterocycles. The third-order valence-corrected chi connectivity index (χ3v) is 5.54. The SMILES string of the molecule is COc1ccc(NC(=O)COC(=O)C=Cc2cn(-c3ccccc3)nc2-c2cc3ccccc3o2)cc1. The molecule has 0 bridgehead atoms.